The SMILES string of the molecule is N#C[CH]c1[c]cccc1. The van der Waals surface area contributed by atoms with E-state index < -0.39 is 0 Å². The number of nitriles is 1. The summed E-state index contributed by atoms with van der Waals surface area (Å²) in [7, 11) is 0. The summed E-state index contributed by atoms with van der Waals surface area (Å²) in [6, 6.07) is 12.2. The predicted octanol–water partition coefficient (Wildman–Crippen LogP) is 1.56. The molecule has 1 rings (SSSR count). The molecule has 42 valence electrons. The number of rotatable bonds is 1. The summed E-state index contributed by atoms with van der Waals surface area (Å²) >= 11 is 0. The molecule has 1 aromatic rings. The van der Waals surface area contributed by atoms with Crippen molar-refractivity contribution < 1.29 is 0 Å². The van der Waals surface area contributed by atoms with Crippen LogP contribution in [0.2, 0.25) is 0 Å². The Hall–Kier alpha value is -1.29. The van der Waals surface area contributed by atoms with E-state index in [1.54, 1.807) is 6.07 Å². The summed E-state index contributed by atoms with van der Waals surface area (Å²) < 4.78 is 0. The highest BCUT2D eigenvalue weighted by Gasteiger charge is 1.86. The first-order chi connectivity index (χ1) is 4.43. The Balaban J connectivity index is 2.76. The van der Waals surface area contributed by atoms with E-state index in [-0.39, 0.29) is 0 Å². The Morgan fingerprint density at radius 1 is 1.56 bits per heavy atom. The highest BCUT2D eigenvalue weighted by atomic mass is 14.2. The van der Waals surface area contributed by atoms with Gasteiger partial charge in [0.25, 0.3) is 0 Å². The maximum atomic E-state index is 8.19. The second kappa shape index (κ2) is 2.88. The van der Waals surface area contributed by atoms with Crippen molar-refractivity contribution in [3.05, 3.63) is 42.3 Å². The average molecular weight is 115 g/mol. The van der Waals surface area contributed by atoms with Crippen LogP contribution < -0.4 is 0 Å². The Morgan fingerprint density at radius 3 is 3.00 bits per heavy atom. The van der Waals surface area contributed by atoms with E-state index in [1.165, 1.54) is 6.42 Å². The van der Waals surface area contributed by atoms with Gasteiger partial charge in [-0.05, 0) is 11.6 Å². The zero-order valence-corrected chi connectivity index (χ0v) is 4.83. The minimum absolute atomic E-state index is 0.833. The lowest BCUT2D eigenvalue weighted by Crippen LogP contribution is -1.74. The zero-order chi connectivity index (χ0) is 6.53. The van der Waals surface area contributed by atoms with Crippen molar-refractivity contribution in [2.75, 3.05) is 0 Å². The Kier molecular flexibility index (Phi) is 1.87. The maximum Gasteiger partial charge on any atom is 0.0918 e. The van der Waals surface area contributed by atoms with Crippen LogP contribution in [0.1, 0.15) is 5.56 Å². The van der Waals surface area contributed by atoms with Gasteiger partial charge in [-0.1, -0.05) is 24.3 Å². The van der Waals surface area contributed by atoms with Crippen molar-refractivity contribution in [3.8, 4) is 6.07 Å². The van der Waals surface area contributed by atoms with Gasteiger partial charge in [-0.3, -0.25) is 0 Å². The van der Waals surface area contributed by atoms with Crippen LogP contribution in [0, 0.1) is 23.8 Å². The molecule has 0 spiro atoms. The van der Waals surface area contributed by atoms with Crippen LogP contribution in [0.3, 0.4) is 0 Å². The zero-order valence-electron chi connectivity index (χ0n) is 4.83. The predicted molar refractivity (Wildman–Crippen MR) is 34.3 cm³/mol. The molecule has 0 bridgehead atoms. The molecule has 0 N–H and O–H groups in total. The summed E-state index contributed by atoms with van der Waals surface area (Å²) in [6.07, 6.45) is 1.46. The van der Waals surface area contributed by atoms with Gasteiger partial charge in [0.2, 0.25) is 0 Å². The third-order valence-electron chi connectivity index (χ3n) is 0.953. The molecule has 0 aromatic heterocycles. The molecule has 0 saturated heterocycles. The third kappa shape index (κ3) is 1.58. The molecule has 0 amide bonds. The van der Waals surface area contributed by atoms with E-state index in [4.69, 9.17) is 5.26 Å². The van der Waals surface area contributed by atoms with Crippen LogP contribution in [0.4, 0.5) is 0 Å². The smallest absolute Gasteiger partial charge is 0.0918 e. The van der Waals surface area contributed by atoms with Crippen LogP contribution in [0.15, 0.2) is 24.3 Å². The van der Waals surface area contributed by atoms with Crippen molar-refractivity contribution in [1.29, 1.82) is 5.26 Å². The minimum atomic E-state index is 0.833. The Morgan fingerprint density at radius 2 is 2.44 bits per heavy atom. The number of benzene rings is 1. The molecule has 0 aliphatic rings. The van der Waals surface area contributed by atoms with Crippen molar-refractivity contribution in [2.24, 2.45) is 0 Å². The van der Waals surface area contributed by atoms with E-state index in [0.717, 1.165) is 5.56 Å². The van der Waals surface area contributed by atoms with Gasteiger partial charge in [0.15, 0.2) is 0 Å². The van der Waals surface area contributed by atoms with Crippen LogP contribution in [0.5, 0.6) is 0 Å². The fraction of sp³-hybridized carbons (Fsp3) is 0. The molecule has 0 fully saturated rings. The molecule has 0 heterocycles. The van der Waals surface area contributed by atoms with E-state index >= 15 is 0 Å². The molecule has 2 radical (unpaired) electrons. The highest BCUT2D eigenvalue weighted by Crippen LogP contribution is 1.97. The molecular weight excluding hydrogens is 110 g/mol. The molecule has 0 unspecified atom stereocenters. The van der Waals surface area contributed by atoms with Crippen LogP contribution in [-0.2, 0) is 0 Å². The average Bonchev–Trinajstić information content (AvgIpc) is 1.91. The molecule has 1 nitrogen and oxygen atoms in total. The number of hydrogen-bond donors (Lipinski definition) is 0. The van der Waals surface area contributed by atoms with Gasteiger partial charge in [-0.15, -0.1) is 0 Å². The monoisotopic (exact) mass is 115 g/mol. The Bertz CT molecular complexity index is 208. The standard InChI is InChI=1S/C8H5N/c9-7-6-8-4-2-1-3-5-8/h1-4,6H. The quantitative estimate of drug-likeness (QED) is 0.545. The summed E-state index contributed by atoms with van der Waals surface area (Å²) in [5.41, 5.74) is 0.833. The van der Waals surface area contributed by atoms with Gasteiger partial charge in [-0.25, -0.2) is 0 Å². The largest absolute Gasteiger partial charge is 0.198 e. The van der Waals surface area contributed by atoms with Gasteiger partial charge in [0, 0.05) is 0 Å². The second-order valence-corrected chi connectivity index (χ2v) is 1.59. The lowest BCUT2D eigenvalue weighted by Gasteiger charge is -1.86. The molecule has 9 heavy (non-hydrogen) atoms. The minimum Gasteiger partial charge on any atom is -0.198 e. The Labute approximate surface area is 54.6 Å². The van der Waals surface area contributed by atoms with Crippen molar-refractivity contribution >= 4 is 0 Å². The first-order valence-corrected chi connectivity index (χ1v) is 2.63. The molecule has 0 saturated carbocycles. The lowest BCUT2D eigenvalue weighted by atomic mass is 10.2. The van der Waals surface area contributed by atoms with E-state index in [0.29, 0.717) is 0 Å². The molecule has 0 aliphatic carbocycles. The van der Waals surface area contributed by atoms with Gasteiger partial charge in [0.1, 0.15) is 0 Å². The molecule has 1 heteroatoms. The van der Waals surface area contributed by atoms with Crippen LogP contribution in [-0.4, -0.2) is 0 Å². The van der Waals surface area contributed by atoms with Crippen molar-refractivity contribution in [1.82, 2.24) is 0 Å². The van der Waals surface area contributed by atoms with E-state index in [1.807, 2.05) is 24.3 Å². The van der Waals surface area contributed by atoms with Gasteiger partial charge >= 0.3 is 0 Å². The van der Waals surface area contributed by atoms with Crippen molar-refractivity contribution in [2.45, 2.75) is 0 Å². The maximum absolute atomic E-state index is 8.19. The topological polar surface area (TPSA) is 23.8 Å². The fourth-order valence-corrected chi connectivity index (χ4v) is 0.567. The normalized spacial score (nSPS) is 8.33. The molecule has 0 aliphatic heterocycles. The molecule has 1 aromatic carbocycles. The van der Waals surface area contributed by atoms with Crippen LogP contribution in [0.25, 0.3) is 0 Å². The van der Waals surface area contributed by atoms with Gasteiger partial charge in [-0.2, -0.15) is 5.26 Å². The van der Waals surface area contributed by atoms with Gasteiger partial charge < -0.3 is 0 Å². The van der Waals surface area contributed by atoms with E-state index in [9.17, 15) is 0 Å². The second-order valence-electron chi connectivity index (χ2n) is 1.59. The summed E-state index contributed by atoms with van der Waals surface area (Å²) in [6.45, 7) is 0. The third-order valence-corrected chi connectivity index (χ3v) is 0.953. The van der Waals surface area contributed by atoms with Gasteiger partial charge in [0.05, 0.1) is 12.5 Å². The first kappa shape index (κ1) is 5.84. The summed E-state index contributed by atoms with van der Waals surface area (Å²) in [5, 5.41) is 8.19. The summed E-state index contributed by atoms with van der Waals surface area (Å²) in [4.78, 5) is 0. The fourth-order valence-electron chi connectivity index (χ4n) is 0.567. The molecular formula is C8H5N. The number of nitrogens with zero attached hydrogens (tertiary/aromatic N) is 1. The van der Waals surface area contributed by atoms with Crippen LogP contribution >= 0.6 is 0 Å². The lowest BCUT2D eigenvalue weighted by molar-refractivity contribution is 1.45. The first-order valence-electron chi connectivity index (χ1n) is 2.63. The highest BCUT2D eigenvalue weighted by molar-refractivity contribution is 5.27. The number of hydrogen-bond acceptors (Lipinski definition) is 1. The molecule has 0 atom stereocenters. The van der Waals surface area contributed by atoms with E-state index in [2.05, 4.69) is 6.07 Å². The van der Waals surface area contributed by atoms with Crippen molar-refractivity contribution in [3.63, 3.8) is 0 Å². The summed E-state index contributed by atoms with van der Waals surface area (Å²) in [5.74, 6) is 0.